The lowest BCUT2D eigenvalue weighted by Crippen LogP contribution is -2.09. The lowest BCUT2D eigenvalue weighted by atomic mass is 10.0. The molecule has 0 bridgehead atoms. The van der Waals surface area contributed by atoms with Gasteiger partial charge in [0.1, 0.15) is 5.75 Å². The molecule has 0 spiro atoms. The Morgan fingerprint density at radius 3 is 2.46 bits per heavy atom. The average molecular weight is 381 g/mol. The Balaban J connectivity index is 1.88. The first-order valence-corrected chi connectivity index (χ1v) is 8.80. The molecule has 0 radical (unpaired) electrons. The van der Waals surface area contributed by atoms with Gasteiger partial charge in [0.25, 0.3) is 0 Å². The molecule has 0 unspecified atom stereocenters. The van der Waals surface area contributed by atoms with Gasteiger partial charge in [-0.3, -0.25) is 0 Å². The van der Waals surface area contributed by atoms with Gasteiger partial charge in [-0.15, -0.1) is 0 Å². The lowest BCUT2D eigenvalue weighted by Gasteiger charge is -2.09. The van der Waals surface area contributed by atoms with E-state index >= 15 is 0 Å². The Morgan fingerprint density at radius 1 is 1.07 bits per heavy atom. The number of methoxy groups -OCH3 is 1. The number of carbonyl (C=O) groups excluding carboxylic acids is 2. The van der Waals surface area contributed by atoms with Crippen molar-refractivity contribution < 1.29 is 23.8 Å². The minimum atomic E-state index is -0.562. The van der Waals surface area contributed by atoms with E-state index in [1.54, 1.807) is 7.11 Å². The number of ether oxygens (including phenoxy) is 3. The van der Waals surface area contributed by atoms with E-state index in [-0.39, 0.29) is 6.61 Å². The summed E-state index contributed by atoms with van der Waals surface area (Å²) in [4.78, 5) is 23.3. The van der Waals surface area contributed by atoms with Crippen molar-refractivity contribution in [2.75, 3.05) is 20.3 Å². The second-order valence-corrected chi connectivity index (χ2v) is 5.96. The zero-order valence-electron chi connectivity index (χ0n) is 15.8. The predicted octanol–water partition coefficient (Wildman–Crippen LogP) is 3.36. The van der Waals surface area contributed by atoms with E-state index in [1.165, 1.54) is 30.5 Å². The molecule has 0 aromatic heterocycles. The highest BCUT2D eigenvalue weighted by Gasteiger charge is 2.09. The zero-order chi connectivity index (χ0) is 20.4. The molecule has 2 aromatic rings. The topological polar surface area (TPSA) is 85.7 Å². The van der Waals surface area contributed by atoms with Gasteiger partial charge in [-0.1, -0.05) is 18.7 Å². The second-order valence-electron chi connectivity index (χ2n) is 5.96. The summed E-state index contributed by atoms with van der Waals surface area (Å²) < 4.78 is 15.3. The van der Waals surface area contributed by atoms with Crippen LogP contribution < -0.4 is 4.74 Å². The molecular formula is C22H23NO5. The normalized spacial score (nSPS) is 10.2. The van der Waals surface area contributed by atoms with Gasteiger partial charge in [0.15, 0.2) is 0 Å². The van der Waals surface area contributed by atoms with Gasteiger partial charge in [0.05, 0.1) is 18.8 Å². The van der Waals surface area contributed by atoms with Crippen LogP contribution >= 0.6 is 0 Å². The highest BCUT2D eigenvalue weighted by molar-refractivity contribution is 5.89. The van der Waals surface area contributed by atoms with E-state index in [1.807, 2.05) is 18.2 Å². The molecule has 1 N–H and O–H groups in total. The fourth-order valence-corrected chi connectivity index (χ4v) is 2.54. The van der Waals surface area contributed by atoms with E-state index in [0.717, 1.165) is 29.2 Å². The summed E-state index contributed by atoms with van der Waals surface area (Å²) in [6, 6.07) is 12.0. The molecule has 0 fully saturated rings. The highest BCUT2D eigenvalue weighted by Crippen LogP contribution is 2.15. The van der Waals surface area contributed by atoms with Gasteiger partial charge in [-0.2, -0.15) is 0 Å². The minimum absolute atomic E-state index is 0.223. The fourth-order valence-electron chi connectivity index (χ4n) is 2.54. The largest absolute Gasteiger partial charge is 0.462 e. The number of rotatable bonds is 10. The van der Waals surface area contributed by atoms with Crippen LogP contribution in [0, 0.1) is 5.41 Å². The summed E-state index contributed by atoms with van der Waals surface area (Å²) in [5.74, 6) is -0.687. The Bertz CT molecular complexity index is 843. The van der Waals surface area contributed by atoms with Crippen molar-refractivity contribution in [2.45, 2.75) is 12.8 Å². The predicted molar refractivity (Wildman–Crippen MR) is 106 cm³/mol. The number of nitrogens with one attached hydrogen (secondary N) is 1. The van der Waals surface area contributed by atoms with Gasteiger partial charge in [-0.05, 0) is 53.4 Å². The monoisotopic (exact) mass is 381 g/mol. The van der Waals surface area contributed by atoms with Crippen LogP contribution in [0.25, 0.3) is 0 Å². The first-order valence-electron chi connectivity index (χ1n) is 8.80. The molecule has 0 atom stereocenters. The van der Waals surface area contributed by atoms with E-state index in [4.69, 9.17) is 19.6 Å². The molecule has 6 nitrogen and oxygen atoms in total. The number of hydrogen-bond donors (Lipinski definition) is 1. The standard InChI is InChI=1S/C22H23NO5/c1-3-21(24)28-20-8-6-18(7-9-20)22(25)27-13-10-16-4-5-17(11-12-26-2)19(14-16)15-23/h3-9,14-15,23H,1,10-13H2,2H3. The molecule has 6 heteroatoms. The summed E-state index contributed by atoms with van der Waals surface area (Å²) in [7, 11) is 1.65. The summed E-state index contributed by atoms with van der Waals surface area (Å²) in [5, 5.41) is 7.56. The van der Waals surface area contributed by atoms with Crippen LogP contribution in [0.5, 0.6) is 5.75 Å². The molecular weight excluding hydrogens is 358 g/mol. The van der Waals surface area contributed by atoms with Crippen molar-refractivity contribution in [3.05, 3.63) is 77.4 Å². The molecule has 2 aromatic carbocycles. The number of benzene rings is 2. The van der Waals surface area contributed by atoms with Crippen LogP contribution in [0.15, 0.2) is 55.1 Å². The van der Waals surface area contributed by atoms with Crippen molar-refractivity contribution in [3.63, 3.8) is 0 Å². The van der Waals surface area contributed by atoms with Crippen LogP contribution in [0.2, 0.25) is 0 Å². The Labute approximate surface area is 164 Å². The van der Waals surface area contributed by atoms with E-state index in [9.17, 15) is 9.59 Å². The van der Waals surface area contributed by atoms with Crippen molar-refractivity contribution in [1.29, 1.82) is 5.41 Å². The third kappa shape index (κ3) is 6.17. The molecule has 0 saturated heterocycles. The Kier molecular flexibility index (Phi) is 8.11. The smallest absolute Gasteiger partial charge is 0.338 e. The number of hydrogen-bond acceptors (Lipinski definition) is 6. The second kappa shape index (κ2) is 10.8. The van der Waals surface area contributed by atoms with E-state index < -0.39 is 11.9 Å². The molecule has 0 saturated carbocycles. The highest BCUT2D eigenvalue weighted by atomic mass is 16.5. The first-order chi connectivity index (χ1) is 13.6. The molecule has 0 aliphatic heterocycles. The van der Waals surface area contributed by atoms with E-state index in [2.05, 4.69) is 6.58 Å². The number of carbonyl (C=O) groups is 2. The van der Waals surface area contributed by atoms with Crippen molar-refractivity contribution in [3.8, 4) is 5.75 Å². The SMILES string of the molecule is C=CC(=O)Oc1ccc(C(=O)OCCc2ccc(CCOC)c(C=N)c2)cc1. The maximum atomic E-state index is 12.1. The van der Waals surface area contributed by atoms with Crippen molar-refractivity contribution in [2.24, 2.45) is 0 Å². The average Bonchev–Trinajstić information content (AvgIpc) is 2.72. The maximum Gasteiger partial charge on any atom is 0.338 e. The van der Waals surface area contributed by atoms with Crippen LogP contribution in [0.1, 0.15) is 27.0 Å². The molecule has 0 aliphatic rings. The van der Waals surface area contributed by atoms with Crippen molar-refractivity contribution in [1.82, 2.24) is 0 Å². The summed E-state index contributed by atoms with van der Waals surface area (Å²) in [6.45, 7) is 4.15. The molecule has 0 aliphatic carbocycles. The Hall–Kier alpha value is -3.25. The van der Waals surface area contributed by atoms with Gasteiger partial charge in [0, 0.05) is 25.8 Å². The van der Waals surface area contributed by atoms with Crippen LogP contribution in [0.4, 0.5) is 0 Å². The van der Waals surface area contributed by atoms with Crippen LogP contribution in [-0.2, 0) is 27.1 Å². The molecule has 0 heterocycles. The van der Waals surface area contributed by atoms with Gasteiger partial charge in [0.2, 0.25) is 0 Å². The zero-order valence-corrected chi connectivity index (χ0v) is 15.8. The maximum absolute atomic E-state index is 12.1. The summed E-state index contributed by atoms with van der Waals surface area (Å²) in [5.41, 5.74) is 3.24. The molecule has 0 amide bonds. The van der Waals surface area contributed by atoms with Crippen LogP contribution in [0.3, 0.4) is 0 Å². The van der Waals surface area contributed by atoms with Gasteiger partial charge >= 0.3 is 11.9 Å². The third-order valence-electron chi connectivity index (χ3n) is 4.04. The van der Waals surface area contributed by atoms with Crippen molar-refractivity contribution >= 4 is 18.2 Å². The Morgan fingerprint density at radius 2 is 1.82 bits per heavy atom. The number of esters is 2. The van der Waals surface area contributed by atoms with Crippen LogP contribution in [-0.4, -0.2) is 38.5 Å². The fraction of sp³-hybridized carbons (Fsp3) is 0.227. The first kappa shape index (κ1) is 21.1. The minimum Gasteiger partial charge on any atom is -0.462 e. The quantitative estimate of drug-likeness (QED) is 0.295. The van der Waals surface area contributed by atoms with Gasteiger partial charge < -0.3 is 19.6 Å². The summed E-state index contributed by atoms with van der Waals surface area (Å²) >= 11 is 0. The molecule has 28 heavy (non-hydrogen) atoms. The van der Waals surface area contributed by atoms with Gasteiger partial charge in [-0.25, -0.2) is 9.59 Å². The lowest BCUT2D eigenvalue weighted by molar-refractivity contribution is -0.128. The third-order valence-corrected chi connectivity index (χ3v) is 4.04. The van der Waals surface area contributed by atoms with E-state index in [0.29, 0.717) is 24.3 Å². The molecule has 146 valence electrons. The molecule has 2 rings (SSSR count). The summed E-state index contributed by atoms with van der Waals surface area (Å²) in [6.07, 6.45) is 3.68.